The van der Waals surface area contributed by atoms with E-state index in [4.69, 9.17) is 4.74 Å². The summed E-state index contributed by atoms with van der Waals surface area (Å²) in [4.78, 5) is 11.9. The molecule has 0 heterocycles. The fraction of sp³-hybridized carbons (Fsp3) is 0.188. The third-order valence-electron chi connectivity index (χ3n) is 2.80. The first-order valence-electron chi connectivity index (χ1n) is 6.33. The molecule has 0 bridgehead atoms. The Morgan fingerprint density at radius 1 is 1.05 bits per heavy atom. The predicted molar refractivity (Wildman–Crippen MR) is 87.3 cm³/mol. The van der Waals surface area contributed by atoms with E-state index in [2.05, 4.69) is 31.9 Å². The van der Waals surface area contributed by atoms with Gasteiger partial charge in [-0.15, -0.1) is 0 Å². The van der Waals surface area contributed by atoms with Gasteiger partial charge in [0.1, 0.15) is 5.75 Å². The summed E-state index contributed by atoms with van der Waals surface area (Å²) in [5.74, 6) is 0.949. The molecule has 2 rings (SSSR count). The number of ether oxygens (including phenoxy) is 1. The Morgan fingerprint density at radius 2 is 1.80 bits per heavy atom. The van der Waals surface area contributed by atoms with Crippen molar-refractivity contribution in [2.75, 3.05) is 6.61 Å². The number of rotatable bonds is 6. The molecule has 0 aliphatic rings. The van der Waals surface area contributed by atoms with Crippen molar-refractivity contribution in [1.29, 1.82) is 0 Å². The molecule has 0 N–H and O–H groups in total. The lowest BCUT2D eigenvalue weighted by molar-refractivity contribution is 0.0973. The maximum absolute atomic E-state index is 11.9. The van der Waals surface area contributed by atoms with E-state index in [-0.39, 0.29) is 5.78 Å². The molecule has 0 saturated heterocycles. The Kier molecular flexibility index (Phi) is 5.80. The lowest BCUT2D eigenvalue weighted by atomic mass is 10.1. The molecule has 0 atom stereocenters. The molecule has 20 heavy (non-hydrogen) atoms. The second-order valence-electron chi connectivity index (χ2n) is 4.32. The van der Waals surface area contributed by atoms with Crippen LogP contribution in [-0.2, 0) is 0 Å². The van der Waals surface area contributed by atoms with Crippen molar-refractivity contribution >= 4 is 37.6 Å². The van der Waals surface area contributed by atoms with Gasteiger partial charge in [0.2, 0.25) is 0 Å². The molecule has 0 aliphatic carbocycles. The molecule has 0 radical (unpaired) electrons. The SMILES string of the molecule is O=C(CCCOc1ccc(Br)cc1Br)c1ccccc1. The van der Waals surface area contributed by atoms with E-state index in [0.29, 0.717) is 19.4 Å². The van der Waals surface area contributed by atoms with E-state index in [1.54, 1.807) is 0 Å². The third kappa shape index (κ3) is 4.46. The molecule has 0 fully saturated rings. The van der Waals surface area contributed by atoms with Gasteiger partial charge in [-0.05, 0) is 40.5 Å². The lowest BCUT2D eigenvalue weighted by Crippen LogP contribution is -2.04. The van der Waals surface area contributed by atoms with Crippen molar-refractivity contribution in [3.05, 3.63) is 63.0 Å². The standard InChI is InChI=1S/C16H14Br2O2/c17-13-8-9-16(14(18)11-13)20-10-4-7-15(19)12-5-2-1-3-6-12/h1-3,5-6,8-9,11H,4,7,10H2. The molecule has 2 nitrogen and oxygen atoms in total. The zero-order valence-electron chi connectivity index (χ0n) is 10.8. The van der Waals surface area contributed by atoms with Crippen LogP contribution in [0.3, 0.4) is 0 Å². The van der Waals surface area contributed by atoms with Crippen LogP contribution in [0.25, 0.3) is 0 Å². The van der Waals surface area contributed by atoms with E-state index in [1.807, 2.05) is 48.5 Å². The maximum Gasteiger partial charge on any atom is 0.163 e. The average molecular weight is 398 g/mol. The minimum absolute atomic E-state index is 0.157. The fourth-order valence-corrected chi connectivity index (χ4v) is 2.94. The van der Waals surface area contributed by atoms with Crippen LogP contribution in [-0.4, -0.2) is 12.4 Å². The molecular formula is C16H14Br2O2. The zero-order valence-corrected chi connectivity index (χ0v) is 14.0. The normalized spacial score (nSPS) is 10.3. The monoisotopic (exact) mass is 396 g/mol. The minimum atomic E-state index is 0.157. The van der Waals surface area contributed by atoms with Crippen LogP contribution in [0.2, 0.25) is 0 Å². The van der Waals surface area contributed by atoms with Crippen molar-refractivity contribution in [1.82, 2.24) is 0 Å². The Hall–Kier alpha value is -1.13. The van der Waals surface area contributed by atoms with Gasteiger partial charge in [-0.2, -0.15) is 0 Å². The molecular weight excluding hydrogens is 384 g/mol. The van der Waals surface area contributed by atoms with Gasteiger partial charge in [-0.25, -0.2) is 0 Å². The van der Waals surface area contributed by atoms with Gasteiger partial charge in [0.25, 0.3) is 0 Å². The molecule has 104 valence electrons. The topological polar surface area (TPSA) is 26.3 Å². The molecule has 2 aromatic carbocycles. The highest BCUT2D eigenvalue weighted by Gasteiger charge is 2.06. The van der Waals surface area contributed by atoms with Crippen LogP contribution < -0.4 is 4.74 Å². The van der Waals surface area contributed by atoms with Crippen molar-refractivity contribution < 1.29 is 9.53 Å². The van der Waals surface area contributed by atoms with Gasteiger partial charge in [-0.1, -0.05) is 46.3 Å². The number of hydrogen-bond donors (Lipinski definition) is 0. The van der Waals surface area contributed by atoms with Gasteiger partial charge < -0.3 is 4.74 Å². The van der Waals surface area contributed by atoms with Gasteiger partial charge in [0, 0.05) is 16.5 Å². The average Bonchev–Trinajstić information content (AvgIpc) is 2.46. The third-order valence-corrected chi connectivity index (χ3v) is 3.91. The molecule has 0 aromatic heterocycles. The summed E-state index contributed by atoms with van der Waals surface area (Å²) in [5, 5.41) is 0. The number of ketones is 1. The zero-order chi connectivity index (χ0) is 14.4. The Bertz CT molecular complexity index is 582. The maximum atomic E-state index is 11.9. The molecule has 2 aromatic rings. The van der Waals surface area contributed by atoms with Crippen LogP contribution in [0.15, 0.2) is 57.5 Å². The molecule has 0 unspecified atom stereocenters. The van der Waals surface area contributed by atoms with Gasteiger partial charge in [0.15, 0.2) is 5.78 Å². The first-order valence-corrected chi connectivity index (χ1v) is 7.91. The highest BCUT2D eigenvalue weighted by atomic mass is 79.9. The predicted octanol–water partition coefficient (Wildman–Crippen LogP) is 5.25. The van der Waals surface area contributed by atoms with Crippen LogP contribution in [0, 0.1) is 0 Å². The molecule has 0 saturated carbocycles. The summed E-state index contributed by atoms with van der Waals surface area (Å²) < 4.78 is 7.56. The van der Waals surface area contributed by atoms with E-state index in [1.165, 1.54) is 0 Å². The Labute approximate surface area is 135 Å². The Balaban J connectivity index is 1.78. The largest absolute Gasteiger partial charge is 0.492 e. The second-order valence-corrected chi connectivity index (χ2v) is 6.09. The number of carbonyl (C=O) groups is 1. The van der Waals surface area contributed by atoms with Crippen molar-refractivity contribution in [3.63, 3.8) is 0 Å². The number of hydrogen-bond acceptors (Lipinski definition) is 2. The number of carbonyl (C=O) groups excluding carboxylic acids is 1. The number of benzene rings is 2. The highest BCUT2D eigenvalue weighted by molar-refractivity contribution is 9.11. The number of Topliss-reactive ketones (excluding diaryl/α,β-unsaturated/α-hetero) is 1. The van der Waals surface area contributed by atoms with Crippen molar-refractivity contribution in [3.8, 4) is 5.75 Å². The molecule has 0 spiro atoms. The van der Waals surface area contributed by atoms with Crippen LogP contribution in [0.5, 0.6) is 5.75 Å². The van der Waals surface area contributed by atoms with Crippen LogP contribution in [0.1, 0.15) is 23.2 Å². The summed E-state index contributed by atoms with van der Waals surface area (Å²) in [6.07, 6.45) is 1.20. The smallest absolute Gasteiger partial charge is 0.163 e. The summed E-state index contributed by atoms with van der Waals surface area (Å²) in [5.41, 5.74) is 0.761. The Morgan fingerprint density at radius 3 is 2.50 bits per heavy atom. The fourth-order valence-electron chi connectivity index (χ4n) is 1.78. The first-order chi connectivity index (χ1) is 9.66. The van der Waals surface area contributed by atoms with E-state index in [0.717, 1.165) is 20.3 Å². The highest BCUT2D eigenvalue weighted by Crippen LogP contribution is 2.28. The quantitative estimate of drug-likeness (QED) is 0.491. The van der Waals surface area contributed by atoms with E-state index >= 15 is 0 Å². The molecule has 0 aliphatic heterocycles. The summed E-state index contributed by atoms with van der Waals surface area (Å²) in [7, 11) is 0. The van der Waals surface area contributed by atoms with Gasteiger partial charge in [-0.3, -0.25) is 4.79 Å². The second kappa shape index (κ2) is 7.60. The summed E-state index contributed by atoms with van der Waals surface area (Å²) >= 11 is 6.84. The molecule has 4 heteroatoms. The van der Waals surface area contributed by atoms with E-state index in [9.17, 15) is 4.79 Å². The van der Waals surface area contributed by atoms with Crippen LogP contribution in [0.4, 0.5) is 0 Å². The van der Waals surface area contributed by atoms with E-state index < -0.39 is 0 Å². The summed E-state index contributed by atoms with van der Waals surface area (Å²) in [6.45, 7) is 0.527. The summed E-state index contributed by atoms with van der Waals surface area (Å²) in [6, 6.07) is 15.1. The van der Waals surface area contributed by atoms with Crippen LogP contribution >= 0.6 is 31.9 Å². The van der Waals surface area contributed by atoms with Crippen molar-refractivity contribution in [2.24, 2.45) is 0 Å². The van der Waals surface area contributed by atoms with Gasteiger partial charge in [0.05, 0.1) is 11.1 Å². The van der Waals surface area contributed by atoms with Gasteiger partial charge >= 0.3 is 0 Å². The van der Waals surface area contributed by atoms with Crippen molar-refractivity contribution in [2.45, 2.75) is 12.8 Å². The minimum Gasteiger partial charge on any atom is -0.492 e. The first kappa shape index (κ1) is 15.3. The molecule has 0 amide bonds. The lowest BCUT2D eigenvalue weighted by Gasteiger charge is -2.08. The number of halogens is 2.